The highest BCUT2D eigenvalue weighted by atomic mass is 16.5. The zero-order valence-electron chi connectivity index (χ0n) is 16.0. The van der Waals surface area contributed by atoms with E-state index in [9.17, 15) is 9.59 Å². The van der Waals surface area contributed by atoms with Crippen LogP contribution in [0.2, 0.25) is 0 Å². The van der Waals surface area contributed by atoms with E-state index >= 15 is 0 Å². The van der Waals surface area contributed by atoms with Crippen molar-refractivity contribution in [3.8, 4) is 17.1 Å². The molecular weight excluding hydrogens is 368 g/mol. The van der Waals surface area contributed by atoms with Crippen LogP contribution in [0.25, 0.3) is 28.4 Å². The van der Waals surface area contributed by atoms with Gasteiger partial charge in [0.1, 0.15) is 11.3 Å². The number of hydrogen-bond donors (Lipinski definition) is 0. The number of esters is 1. The SMILES string of the molecule is Cc1ccc(-c2oc3ccc(C)cc3c(=O)c2OC(=O)/C=C/c2ccco2)cc1. The third kappa shape index (κ3) is 3.89. The van der Waals surface area contributed by atoms with E-state index in [1.807, 2.05) is 44.2 Å². The van der Waals surface area contributed by atoms with Gasteiger partial charge < -0.3 is 13.6 Å². The van der Waals surface area contributed by atoms with Gasteiger partial charge in [0.05, 0.1) is 11.6 Å². The fourth-order valence-corrected chi connectivity index (χ4v) is 2.95. The highest BCUT2D eigenvalue weighted by Gasteiger charge is 2.20. The summed E-state index contributed by atoms with van der Waals surface area (Å²) in [6.45, 7) is 3.84. The summed E-state index contributed by atoms with van der Waals surface area (Å²) in [6.07, 6.45) is 4.18. The number of furan rings is 1. The molecule has 0 unspecified atom stereocenters. The molecule has 0 radical (unpaired) electrons. The van der Waals surface area contributed by atoms with Crippen molar-refractivity contribution in [2.45, 2.75) is 13.8 Å². The lowest BCUT2D eigenvalue weighted by Gasteiger charge is -2.10. The third-order valence-electron chi connectivity index (χ3n) is 4.45. The number of carbonyl (C=O) groups excluding carboxylic acids is 1. The maximum Gasteiger partial charge on any atom is 0.336 e. The molecule has 0 fully saturated rings. The van der Waals surface area contributed by atoms with Crippen LogP contribution in [-0.2, 0) is 4.79 Å². The van der Waals surface area contributed by atoms with Gasteiger partial charge in [0.15, 0.2) is 5.76 Å². The molecule has 5 nitrogen and oxygen atoms in total. The van der Waals surface area contributed by atoms with Crippen LogP contribution in [0.4, 0.5) is 0 Å². The van der Waals surface area contributed by atoms with Crippen LogP contribution in [0, 0.1) is 13.8 Å². The molecule has 4 aromatic rings. The first kappa shape index (κ1) is 18.5. The van der Waals surface area contributed by atoms with Crippen LogP contribution in [0.15, 0.2) is 80.6 Å². The second-order valence-electron chi connectivity index (χ2n) is 6.72. The fourth-order valence-electron chi connectivity index (χ4n) is 2.95. The molecule has 0 aliphatic carbocycles. The van der Waals surface area contributed by atoms with Crippen molar-refractivity contribution in [2.75, 3.05) is 0 Å². The van der Waals surface area contributed by atoms with Crippen molar-refractivity contribution in [1.29, 1.82) is 0 Å². The molecule has 0 atom stereocenters. The molecule has 0 aliphatic heterocycles. The van der Waals surface area contributed by atoms with Gasteiger partial charge >= 0.3 is 5.97 Å². The largest absolute Gasteiger partial charge is 0.465 e. The van der Waals surface area contributed by atoms with Crippen molar-refractivity contribution in [1.82, 2.24) is 0 Å². The topological polar surface area (TPSA) is 69.7 Å². The minimum Gasteiger partial charge on any atom is -0.465 e. The summed E-state index contributed by atoms with van der Waals surface area (Å²) in [4.78, 5) is 25.5. The number of ether oxygens (including phenoxy) is 1. The molecule has 0 saturated heterocycles. The molecule has 2 heterocycles. The van der Waals surface area contributed by atoms with Gasteiger partial charge in [0.2, 0.25) is 11.2 Å². The van der Waals surface area contributed by atoms with Crippen LogP contribution in [-0.4, -0.2) is 5.97 Å². The Morgan fingerprint density at radius 3 is 2.48 bits per heavy atom. The van der Waals surface area contributed by atoms with Gasteiger partial charge in [-0.15, -0.1) is 0 Å². The van der Waals surface area contributed by atoms with Gasteiger partial charge in [-0.2, -0.15) is 0 Å². The summed E-state index contributed by atoms with van der Waals surface area (Å²) in [6, 6.07) is 16.2. The normalized spacial score (nSPS) is 11.2. The second kappa shape index (κ2) is 7.64. The van der Waals surface area contributed by atoms with Crippen molar-refractivity contribution < 1.29 is 18.4 Å². The number of fused-ring (bicyclic) bond motifs is 1. The van der Waals surface area contributed by atoms with Crippen LogP contribution in [0.5, 0.6) is 5.75 Å². The number of benzene rings is 2. The maximum absolute atomic E-state index is 13.1. The molecule has 0 aliphatic rings. The molecule has 0 bridgehead atoms. The van der Waals surface area contributed by atoms with Crippen molar-refractivity contribution in [2.24, 2.45) is 0 Å². The Balaban J connectivity index is 1.82. The molecule has 0 spiro atoms. The monoisotopic (exact) mass is 386 g/mol. The molecule has 4 rings (SSSR count). The average molecular weight is 386 g/mol. The second-order valence-corrected chi connectivity index (χ2v) is 6.72. The minimum absolute atomic E-state index is 0.138. The van der Waals surface area contributed by atoms with E-state index < -0.39 is 11.4 Å². The molecule has 0 saturated carbocycles. The van der Waals surface area contributed by atoms with E-state index in [2.05, 4.69) is 0 Å². The highest BCUT2D eigenvalue weighted by molar-refractivity contribution is 5.90. The zero-order chi connectivity index (χ0) is 20.4. The van der Waals surface area contributed by atoms with E-state index in [1.54, 1.807) is 24.3 Å². The Labute approximate surface area is 166 Å². The number of hydrogen-bond acceptors (Lipinski definition) is 5. The smallest absolute Gasteiger partial charge is 0.336 e. The molecule has 29 heavy (non-hydrogen) atoms. The van der Waals surface area contributed by atoms with Crippen molar-refractivity contribution in [3.63, 3.8) is 0 Å². The lowest BCUT2D eigenvalue weighted by Crippen LogP contribution is -2.14. The molecule has 2 aromatic carbocycles. The van der Waals surface area contributed by atoms with Gasteiger partial charge in [-0.3, -0.25) is 4.79 Å². The van der Waals surface area contributed by atoms with Gasteiger partial charge in [-0.1, -0.05) is 41.5 Å². The Bertz CT molecular complexity index is 1260. The lowest BCUT2D eigenvalue weighted by atomic mass is 10.1. The highest BCUT2D eigenvalue weighted by Crippen LogP contribution is 2.31. The van der Waals surface area contributed by atoms with Crippen molar-refractivity contribution >= 4 is 23.0 Å². The van der Waals surface area contributed by atoms with Gasteiger partial charge in [0, 0.05) is 11.6 Å². The first-order chi connectivity index (χ1) is 14.0. The summed E-state index contributed by atoms with van der Waals surface area (Å²) in [5.74, 6) is -0.122. The first-order valence-electron chi connectivity index (χ1n) is 9.09. The average Bonchev–Trinajstić information content (AvgIpc) is 3.23. The number of rotatable bonds is 4. The standard InChI is InChI=1S/C24H18O5/c1-15-5-8-17(9-6-15)23-24(29-21(25)12-10-18-4-3-13-27-18)22(26)19-14-16(2)7-11-20(19)28-23/h3-14H,1-2H3/b12-10+. The van der Waals surface area contributed by atoms with E-state index in [0.29, 0.717) is 22.3 Å². The summed E-state index contributed by atoms with van der Waals surface area (Å²) in [5.41, 5.74) is 2.65. The van der Waals surface area contributed by atoms with Crippen LogP contribution < -0.4 is 10.2 Å². The molecule has 144 valence electrons. The van der Waals surface area contributed by atoms with Gasteiger partial charge in [-0.25, -0.2) is 4.79 Å². The number of carbonyl (C=O) groups is 1. The maximum atomic E-state index is 13.1. The predicted octanol–water partition coefficient (Wildman–Crippen LogP) is 5.29. The first-order valence-corrected chi connectivity index (χ1v) is 9.09. The number of aryl methyl sites for hydroxylation is 2. The van der Waals surface area contributed by atoms with E-state index in [4.69, 9.17) is 13.6 Å². The summed E-state index contributed by atoms with van der Waals surface area (Å²) in [5, 5.41) is 0.360. The lowest BCUT2D eigenvalue weighted by molar-refractivity contribution is -0.129. The quantitative estimate of drug-likeness (QED) is 0.352. The van der Waals surface area contributed by atoms with E-state index in [0.717, 1.165) is 11.1 Å². The van der Waals surface area contributed by atoms with Gasteiger partial charge in [0.25, 0.3) is 0 Å². The predicted molar refractivity (Wildman–Crippen MR) is 111 cm³/mol. The van der Waals surface area contributed by atoms with Crippen LogP contribution >= 0.6 is 0 Å². The van der Waals surface area contributed by atoms with Crippen molar-refractivity contribution in [3.05, 3.63) is 94.0 Å². The van der Waals surface area contributed by atoms with E-state index in [1.165, 1.54) is 18.4 Å². The Morgan fingerprint density at radius 1 is 1.00 bits per heavy atom. The van der Waals surface area contributed by atoms with Gasteiger partial charge in [-0.05, 0) is 44.2 Å². The van der Waals surface area contributed by atoms with E-state index in [-0.39, 0.29) is 11.5 Å². The zero-order valence-corrected chi connectivity index (χ0v) is 16.0. The Kier molecular flexibility index (Phi) is 4.87. The van der Waals surface area contributed by atoms with Crippen LogP contribution in [0.3, 0.4) is 0 Å². The molecule has 5 heteroatoms. The van der Waals surface area contributed by atoms with Crippen LogP contribution in [0.1, 0.15) is 16.9 Å². The minimum atomic E-state index is -0.700. The Morgan fingerprint density at radius 2 is 1.76 bits per heavy atom. The fraction of sp³-hybridized carbons (Fsp3) is 0.0833. The summed E-state index contributed by atoms with van der Waals surface area (Å²) >= 11 is 0. The summed E-state index contributed by atoms with van der Waals surface area (Å²) in [7, 11) is 0. The molecular formula is C24H18O5. The summed E-state index contributed by atoms with van der Waals surface area (Å²) < 4.78 is 16.6. The molecule has 2 aromatic heterocycles. The third-order valence-corrected chi connectivity index (χ3v) is 4.45. The molecule has 0 N–H and O–H groups in total. The molecule has 0 amide bonds. The Hall–Kier alpha value is -3.86.